The van der Waals surface area contributed by atoms with Crippen molar-refractivity contribution in [3.63, 3.8) is 0 Å². The number of aryl methyl sites for hydroxylation is 1. The van der Waals surface area contributed by atoms with E-state index in [-0.39, 0.29) is 17.9 Å². The molecule has 27 heavy (non-hydrogen) atoms. The number of carbonyl (C=O) groups excluding carboxylic acids is 1. The van der Waals surface area contributed by atoms with Gasteiger partial charge in [0.2, 0.25) is 5.43 Å². The van der Waals surface area contributed by atoms with E-state index in [2.05, 4.69) is 10.4 Å². The second-order valence-electron chi connectivity index (χ2n) is 5.89. The van der Waals surface area contributed by atoms with Crippen LogP contribution in [0.3, 0.4) is 0 Å². The first-order valence-corrected chi connectivity index (χ1v) is 8.26. The first-order valence-electron chi connectivity index (χ1n) is 8.26. The average Bonchev–Trinajstić information content (AvgIpc) is 2.67. The van der Waals surface area contributed by atoms with Crippen LogP contribution in [0.15, 0.2) is 59.4 Å². The number of hydrogen-bond acceptors (Lipinski definition) is 4. The van der Waals surface area contributed by atoms with E-state index >= 15 is 0 Å². The summed E-state index contributed by atoms with van der Waals surface area (Å²) in [4.78, 5) is 24.6. The minimum absolute atomic E-state index is 0.166. The van der Waals surface area contributed by atoms with Crippen LogP contribution in [0.4, 0.5) is 4.39 Å². The second kappa shape index (κ2) is 7.82. The third-order valence-corrected chi connectivity index (χ3v) is 4.02. The van der Waals surface area contributed by atoms with Gasteiger partial charge in [0.15, 0.2) is 5.69 Å². The Bertz CT molecular complexity index is 1030. The number of nitrogens with zero attached hydrogens (tertiary/aromatic N) is 2. The number of hydrogen-bond donors (Lipinski definition) is 1. The van der Waals surface area contributed by atoms with Gasteiger partial charge in [-0.05, 0) is 36.8 Å². The van der Waals surface area contributed by atoms with Crippen LogP contribution >= 0.6 is 0 Å². The Morgan fingerprint density at radius 2 is 1.89 bits per heavy atom. The fourth-order valence-electron chi connectivity index (χ4n) is 2.58. The van der Waals surface area contributed by atoms with Crippen LogP contribution in [-0.2, 0) is 6.54 Å². The molecule has 1 amide bonds. The topological polar surface area (TPSA) is 73.2 Å². The summed E-state index contributed by atoms with van der Waals surface area (Å²) >= 11 is 0. The van der Waals surface area contributed by atoms with Crippen molar-refractivity contribution in [2.75, 3.05) is 7.11 Å². The highest BCUT2D eigenvalue weighted by molar-refractivity contribution is 5.92. The van der Waals surface area contributed by atoms with Crippen molar-refractivity contribution in [3.8, 4) is 11.4 Å². The lowest BCUT2D eigenvalue weighted by Crippen LogP contribution is -2.31. The number of nitrogens with one attached hydrogen (secondary N) is 1. The van der Waals surface area contributed by atoms with Gasteiger partial charge in [-0.1, -0.05) is 24.3 Å². The molecule has 2 aromatic carbocycles. The predicted octanol–water partition coefficient (Wildman–Crippen LogP) is 2.62. The van der Waals surface area contributed by atoms with Crippen molar-refractivity contribution < 1.29 is 13.9 Å². The highest BCUT2D eigenvalue weighted by Gasteiger charge is 2.16. The Kier molecular flexibility index (Phi) is 5.30. The molecule has 6 nitrogen and oxygen atoms in total. The van der Waals surface area contributed by atoms with Gasteiger partial charge in [-0.3, -0.25) is 9.59 Å². The Morgan fingerprint density at radius 1 is 1.19 bits per heavy atom. The van der Waals surface area contributed by atoms with Gasteiger partial charge in [0.25, 0.3) is 5.91 Å². The summed E-state index contributed by atoms with van der Waals surface area (Å²) in [5, 5.41) is 6.73. The number of para-hydroxylation sites is 1. The van der Waals surface area contributed by atoms with Crippen molar-refractivity contribution >= 4 is 5.91 Å². The molecule has 0 saturated heterocycles. The van der Waals surface area contributed by atoms with Crippen LogP contribution < -0.4 is 15.5 Å². The zero-order chi connectivity index (χ0) is 19.4. The Hall–Kier alpha value is -3.48. The summed E-state index contributed by atoms with van der Waals surface area (Å²) in [7, 11) is 1.57. The molecule has 0 aliphatic rings. The van der Waals surface area contributed by atoms with Gasteiger partial charge in [-0.25, -0.2) is 9.07 Å². The predicted molar refractivity (Wildman–Crippen MR) is 98.7 cm³/mol. The molecule has 0 unspecified atom stereocenters. The molecule has 3 rings (SSSR count). The Balaban J connectivity index is 1.85. The minimum atomic E-state index is -0.624. The third-order valence-electron chi connectivity index (χ3n) is 4.02. The summed E-state index contributed by atoms with van der Waals surface area (Å²) in [6.45, 7) is 1.84. The molecule has 138 valence electrons. The molecule has 1 N–H and O–H groups in total. The van der Waals surface area contributed by atoms with Crippen molar-refractivity contribution in [1.82, 2.24) is 15.1 Å². The second-order valence-corrected chi connectivity index (χ2v) is 5.89. The minimum Gasteiger partial charge on any atom is -0.497 e. The maximum absolute atomic E-state index is 14.1. The normalized spacial score (nSPS) is 10.5. The molecule has 0 saturated carbocycles. The molecule has 0 aliphatic carbocycles. The SMILES string of the molecule is COc1ccc(CNC(=O)c2nn(-c3ccccc3F)c(C)cc2=O)cc1. The van der Waals surface area contributed by atoms with Crippen molar-refractivity contribution in [2.24, 2.45) is 0 Å². The number of rotatable bonds is 5. The fraction of sp³-hybridized carbons (Fsp3) is 0.150. The summed E-state index contributed by atoms with van der Waals surface area (Å²) < 4.78 is 20.4. The van der Waals surface area contributed by atoms with Crippen LogP contribution in [-0.4, -0.2) is 22.8 Å². The molecule has 0 atom stereocenters. The number of ether oxygens (including phenoxy) is 1. The maximum atomic E-state index is 14.1. The number of halogens is 1. The molecule has 7 heteroatoms. The number of benzene rings is 2. The van der Waals surface area contributed by atoms with E-state index < -0.39 is 17.2 Å². The zero-order valence-corrected chi connectivity index (χ0v) is 14.9. The molecular weight excluding hydrogens is 349 g/mol. The average molecular weight is 367 g/mol. The number of aromatic nitrogens is 2. The fourth-order valence-corrected chi connectivity index (χ4v) is 2.58. The smallest absolute Gasteiger partial charge is 0.276 e. The first-order chi connectivity index (χ1) is 13.0. The lowest BCUT2D eigenvalue weighted by Gasteiger charge is -2.12. The van der Waals surface area contributed by atoms with Crippen molar-refractivity contribution in [2.45, 2.75) is 13.5 Å². The number of methoxy groups -OCH3 is 1. The first kappa shape index (κ1) is 18.3. The van der Waals surface area contributed by atoms with Gasteiger partial charge in [0, 0.05) is 18.3 Å². The van der Waals surface area contributed by atoms with Crippen molar-refractivity contribution in [3.05, 3.63) is 87.6 Å². The van der Waals surface area contributed by atoms with Gasteiger partial charge in [0.05, 0.1) is 7.11 Å². The highest BCUT2D eigenvalue weighted by Crippen LogP contribution is 2.13. The van der Waals surface area contributed by atoms with Gasteiger partial charge in [-0.15, -0.1) is 0 Å². The standard InChI is InChI=1S/C20H18FN3O3/c1-13-11-18(25)19(23-24(13)17-6-4-3-5-16(17)21)20(26)22-12-14-7-9-15(27-2)10-8-14/h3-11H,12H2,1-2H3,(H,22,26). The molecule has 0 radical (unpaired) electrons. The van der Waals surface area contributed by atoms with E-state index in [1.54, 1.807) is 50.4 Å². The van der Waals surface area contributed by atoms with Crippen molar-refractivity contribution in [1.29, 1.82) is 0 Å². The highest BCUT2D eigenvalue weighted by atomic mass is 19.1. The van der Waals surface area contributed by atoms with Crippen LogP contribution in [0.25, 0.3) is 5.69 Å². The quantitative estimate of drug-likeness (QED) is 0.752. The monoisotopic (exact) mass is 367 g/mol. The summed E-state index contributed by atoms with van der Waals surface area (Å²) in [6, 6.07) is 14.4. The van der Waals surface area contributed by atoms with Crippen LogP contribution in [0.1, 0.15) is 21.7 Å². The molecule has 0 bridgehead atoms. The number of amides is 1. The van der Waals surface area contributed by atoms with E-state index in [9.17, 15) is 14.0 Å². The molecule has 1 heterocycles. The third kappa shape index (κ3) is 4.03. The molecule has 0 fully saturated rings. The lowest BCUT2D eigenvalue weighted by molar-refractivity contribution is 0.0943. The van der Waals surface area contributed by atoms with Gasteiger partial charge >= 0.3 is 0 Å². The van der Waals surface area contributed by atoms with E-state index in [1.807, 2.05) is 0 Å². The molecule has 0 aliphatic heterocycles. The number of carbonyl (C=O) groups is 1. The summed E-state index contributed by atoms with van der Waals surface area (Å²) in [5.74, 6) is -0.416. The maximum Gasteiger partial charge on any atom is 0.276 e. The van der Waals surface area contributed by atoms with E-state index in [4.69, 9.17) is 4.74 Å². The van der Waals surface area contributed by atoms with E-state index in [0.717, 1.165) is 5.56 Å². The van der Waals surface area contributed by atoms with Gasteiger partial charge in [0.1, 0.15) is 17.3 Å². The molecule has 1 aromatic heterocycles. The Morgan fingerprint density at radius 3 is 2.56 bits per heavy atom. The molecular formula is C20H18FN3O3. The van der Waals surface area contributed by atoms with E-state index in [1.165, 1.54) is 22.9 Å². The van der Waals surface area contributed by atoms with Crippen LogP contribution in [0, 0.1) is 12.7 Å². The molecule has 3 aromatic rings. The van der Waals surface area contributed by atoms with Crippen LogP contribution in [0.2, 0.25) is 0 Å². The van der Waals surface area contributed by atoms with Gasteiger partial charge < -0.3 is 10.1 Å². The lowest BCUT2D eigenvalue weighted by atomic mass is 10.2. The van der Waals surface area contributed by atoms with Crippen LogP contribution in [0.5, 0.6) is 5.75 Å². The van der Waals surface area contributed by atoms with E-state index in [0.29, 0.717) is 11.4 Å². The van der Waals surface area contributed by atoms with Gasteiger partial charge in [-0.2, -0.15) is 5.10 Å². The Labute approximate surface area is 155 Å². The zero-order valence-electron chi connectivity index (χ0n) is 14.9. The largest absolute Gasteiger partial charge is 0.497 e. The molecule has 0 spiro atoms. The summed E-state index contributed by atoms with van der Waals surface area (Å²) in [6.07, 6.45) is 0. The summed E-state index contributed by atoms with van der Waals surface area (Å²) in [5.41, 5.74) is 0.617.